The Kier molecular flexibility index (Phi) is 7.00. The maximum atomic E-state index is 12.6. The Bertz CT molecular complexity index is 1160. The van der Waals surface area contributed by atoms with E-state index < -0.39 is 6.04 Å². The van der Waals surface area contributed by atoms with Gasteiger partial charge in [-0.3, -0.25) is 4.90 Å². The minimum absolute atomic E-state index is 0.0165. The van der Waals surface area contributed by atoms with Gasteiger partial charge in [-0.2, -0.15) is 5.10 Å². The zero-order chi connectivity index (χ0) is 23.5. The van der Waals surface area contributed by atoms with Crippen LogP contribution in [0, 0.1) is 0 Å². The van der Waals surface area contributed by atoms with Gasteiger partial charge in [-0.15, -0.1) is 0 Å². The molecule has 33 heavy (non-hydrogen) atoms. The van der Waals surface area contributed by atoms with E-state index in [9.17, 15) is 9.59 Å². The average molecular weight is 469 g/mol. The van der Waals surface area contributed by atoms with E-state index in [1.54, 1.807) is 17.0 Å². The maximum Gasteiger partial charge on any atom is 0.350 e. The van der Waals surface area contributed by atoms with Crippen LogP contribution >= 0.6 is 11.6 Å². The van der Waals surface area contributed by atoms with Crippen LogP contribution < -0.4 is 5.69 Å². The number of likely N-dealkylation sites (tertiary alicyclic amines) is 1. The second-order valence-electron chi connectivity index (χ2n) is 8.67. The number of benzene rings is 2. The second kappa shape index (κ2) is 9.93. The predicted octanol–water partition coefficient (Wildman–Crippen LogP) is 4.36. The molecule has 2 aromatic carbocycles. The molecular formula is C25H29ClN4O3. The smallest absolute Gasteiger partial charge is 0.350 e. The van der Waals surface area contributed by atoms with Crippen molar-refractivity contribution in [2.75, 3.05) is 20.2 Å². The summed E-state index contributed by atoms with van der Waals surface area (Å²) in [6, 6.07) is 15.1. The molecule has 0 N–H and O–H groups in total. The van der Waals surface area contributed by atoms with Crippen molar-refractivity contribution < 1.29 is 9.53 Å². The van der Waals surface area contributed by atoms with E-state index >= 15 is 0 Å². The van der Waals surface area contributed by atoms with Gasteiger partial charge in [0.2, 0.25) is 0 Å². The molecule has 0 saturated carbocycles. The van der Waals surface area contributed by atoms with Gasteiger partial charge >= 0.3 is 11.7 Å². The highest BCUT2D eigenvalue weighted by molar-refractivity contribution is 6.31. The molecule has 3 aromatic rings. The van der Waals surface area contributed by atoms with Crippen LogP contribution in [0.25, 0.3) is 5.69 Å². The van der Waals surface area contributed by atoms with Crippen LogP contribution in [0.1, 0.15) is 55.8 Å². The number of halogens is 1. The lowest BCUT2D eigenvalue weighted by Crippen LogP contribution is -2.40. The number of carbonyl (C=O) groups is 1. The largest absolute Gasteiger partial charge is 0.468 e. The predicted molar refractivity (Wildman–Crippen MR) is 128 cm³/mol. The molecule has 1 aliphatic rings. The number of methoxy groups -OCH3 is 1. The molecule has 1 fully saturated rings. The highest BCUT2D eigenvalue weighted by atomic mass is 35.5. The van der Waals surface area contributed by atoms with E-state index in [0.29, 0.717) is 10.9 Å². The Morgan fingerprint density at radius 2 is 1.76 bits per heavy atom. The van der Waals surface area contributed by atoms with Crippen molar-refractivity contribution in [3.8, 4) is 5.69 Å². The molecular weight excluding hydrogens is 440 g/mol. The van der Waals surface area contributed by atoms with Crippen molar-refractivity contribution >= 4 is 17.6 Å². The molecule has 8 heteroatoms. The van der Waals surface area contributed by atoms with Crippen LogP contribution in [0.4, 0.5) is 0 Å². The fourth-order valence-electron chi connectivity index (χ4n) is 4.53. The van der Waals surface area contributed by atoms with Gasteiger partial charge in [0.05, 0.1) is 18.8 Å². The third kappa shape index (κ3) is 4.75. The normalized spacial score (nSPS) is 16.2. The van der Waals surface area contributed by atoms with Gasteiger partial charge < -0.3 is 4.74 Å². The van der Waals surface area contributed by atoms with Crippen molar-refractivity contribution in [3.05, 3.63) is 81.5 Å². The van der Waals surface area contributed by atoms with Crippen LogP contribution in [-0.2, 0) is 9.53 Å². The summed E-state index contributed by atoms with van der Waals surface area (Å²) in [6.45, 7) is 5.39. The molecule has 4 rings (SSSR count). The summed E-state index contributed by atoms with van der Waals surface area (Å²) in [5, 5.41) is 4.77. The highest BCUT2D eigenvalue weighted by Crippen LogP contribution is 2.35. The summed E-state index contributed by atoms with van der Waals surface area (Å²) in [4.78, 5) is 27.3. The van der Waals surface area contributed by atoms with Crippen molar-refractivity contribution in [3.63, 3.8) is 0 Å². The molecule has 0 spiro atoms. The number of nitrogens with zero attached hydrogens (tertiary/aromatic N) is 4. The molecule has 0 amide bonds. The fraction of sp³-hybridized carbons (Fsp3) is 0.400. The van der Waals surface area contributed by atoms with Crippen LogP contribution in [-0.4, -0.2) is 45.4 Å². The summed E-state index contributed by atoms with van der Waals surface area (Å²) >= 11 is 6.39. The van der Waals surface area contributed by atoms with E-state index in [4.69, 9.17) is 16.3 Å². The van der Waals surface area contributed by atoms with E-state index in [0.717, 1.165) is 37.2 Å². The molecule has 174 valence electrons. The van der Waals surface area contributed by atoms with Gasteiger partial charge in [-0.25, -0.2) is 18.8 Å². The van der Waals surface area contributed by atoms with Gasteiger partial charge in [-0.1, -0.05) is 41.9 Å². The lowest BCUT2D eigenvalue weighted by atomic mass is 9.88. The van der Waals surface area contributed by atoms with Crippen LogP contribution in [0.5, 0.6) is 0 Å². The summed E-state index contributed by atoms with van der Waals surface area (Å²) in [5.41, 5.74) is 2.67. The average Bonchev–Trinajstić information content (AvgIpc) is 3.22. The molecule has 0 radical (unpaired) electrons. The summed E-state index contributed by atoms with van der Waals surface area (Å²) in [7, 11) is 1.41. The molecule has 1 atom stereocenters. The van der Waals surface area contributed by atoms with E-state index in [2.05, 4.69) is 22.1 Å². The minimum Gasteiger partial charge on any atom is -0.468 e. The number of carbonyl (C=O) groups excluding carboxylic acids is 1. The van der Waals surface area contributed by atoms with Crippen molar-refractivity contribution in [1.82, 2.24) is 19.2 Å². The maximum absolute atomic E-state index is 12.6. The number of aromatic nitrogens is 3. The highest BCUT2D eigenvalue weighted by Gasteiger charge is 2.33. The van der Waals surface area contributed by atoms with Crippen LogP contribution in [0.3, 0.4) is 0 Å². The topological polar surface area (TPSA) is 69.4 Å². The molecule has 1 aromatic heterocycles. The quantitative estimate of drug-likeness (QED) is 0.503. The first-order chi connectivity index (χ1) is 15.9. The lowest BCUT2D eigenvalue weighted by Gasteiger charge is -2.36. The Balaban J connectivity index is 1.47. The van der Waals surface area contributed by atoms with Gasteiger partial charge in [0, 0.05) is 5.02 Å². The minimum atomic E-state index is -0.503. The summed E-state index contributed by atoms with van der Waals surface area (Å²) in [5.74, 6) is 0.0910. The van der Waals surface area contributed by atoms with Gasteiger partial charge in [0.25, 0.3) is 0 Å². The van der Waals surface area contributed by atoms with E-state index in [1.807, 2.05) is 44.2 Å². The zero-order valence-electron chi connectivity index (χ0n) is 19.1. The van der Waals surface area contributed by atoms with Gasteiger partial charge in [0.1, 0.15) is 12.4 Å². The monoisotopic (exact) mass is 468 g/mol. The Morgan fingerprint density at radius 1 is 1.09 bits per heavy atom. The Labute approximate surface area is 198 Å². The van der Waals surface area contributed by atoms with Crippen molar-refractivity contribution in [1.29, 1.82) is 0 Å². The van der Waals surface area contributed by atoms with Crippen LogP contribution in [0.15, 0.2) is 59.7 Å². The molecule has 2 heterocycles. The third-order valence-corrected chi connectivity index (χ3v) is 6.69. The lowest BCUT2D eigenvalue weighted by molar-refractivity contribution is -0.147. The molecule has 0 bridgehead atoms. The molecule has 7 nitrogen and oxygen atoms in total. The first kappa shape index (κ1) is 23.3. The van der Waals surface area contributed by atoms with E-state index in [-0.39, 0.29) is 17.7 Å². The van der Waals surface area contributed by atoms with Crippen molar-refractivity contribution in [2.24, 2.45) is 0 Å². The van der Waals surface area contributed by atoms with Gasteiger partial charge in [-0.05, 0) is 75.0 Å². The molecule has 1 unspecified atom stereocenters. The first-order valence-corrected chi connectivity index (χ1v) is 11.6. The second-order valence-corrected chi connectivity index (χ2v) is 9.08. The molecule has 1 saturated heterocycles. The number of ether oxygens (including phenoxy) is 1. The first-order valence-electron chi connectivity index (χ1n) is 11.2. The van der Waals surface area contributed by atoms with Crippen molar-refractivity contribution in [2.45, 2.75) is 44.7 Å². The number of hydrogen-bond donors (Lipinski definition) is 0. The molecule has 1 aliphatic heterocycles. The van der Waals surface area contributed by atoms with Crippen LogP contribution in [0.2, 0.25) is 5.02 Å². The zero-order valence-corrected chi connectivity index (χ0v) is 19.9. The van der Waals surface area contributed by atoms with E-state index in [1.165, 1.54) is 17.4 Å². The number of esters is 1. The standard InChI is InChI=1S/C25H29ClN4O3/c1-17(2)30-25(32)29(16-27-30)20-10-8-18(9-11-20)19-12-14-28(15-13-19)23(24(31)33-3)21-6-4-5-7-22(21)26/h4-11,16-17,19,23H,12-15H2,1-3H3. The Hall–Kier alpha value is -2.90. The number of hydrogen-bond acceptors (Lipinski definition) is 5. The van der Waals surface area contributed by atoms with Gasteiger partial charge in [0.15, 0.2) is 0 Å². The number of piperidine rings is 1. The summed E-state index contributed by atoms with van der Waals surface area (Å²) < 4.78 is 8.13. The Morgan fingerprint density at radius 3 is 2.33 bits per heavy atom. The molecule has 0 aliphatic carbocycles. The fourth-order valence-corrected chi connectivity index (χ4v) is 4.77. The third-order valence-electron chi connectivity index (χ3n) is 6.34. The SMILES string of the molecule is COC(=O)C(c1ccccc1Cl)N1CCC(c2ccc(-n3cnn(C(C)C)c3=O)cc2)CC1. The summed E-state index contributed by atoms with van der Waals surface area (Å²) in [6.07, 6.45) is 3.41. The number of rotatable bonds is 6.